The monoisotopic (exact) mass is 343 g/mol. The number of nitrogens with zero attached hydrogens (tertiary/aromatic N) is 2. The highest BCUT2D eigenvalue weighted by atomic mass is 32.2. The largest absolute Gasteiger partial charge is 0.379 e. The first kappa shape index (κ1) is 16.2. The summed E-state index contributed by atoms with van der Waals surface area (Å²) in [6.07, 6.45) is 2.86. The zero-order valence-electron chi connectivity index (χ0n) is 13.4. The molecule has 124 valence electrons. The quantitative estimate of drug-likeness (QED) is 0.784. The van der Waals surface area contributed by atoms with Gasteiger partial charge in [0.25, 0.3) is 5.56 Å². The second-order valence-corrected chi connectivity index (χ2v) is 7.63. The van der Waals surface area contributed by atoms with Gasteiger partial charge in [-0.15, -0.1) is 0 Å². The molecule has 7 heteroatoms. The fourth-order valence-electron chi connectivity index (χ4n) is 2.44. The molecule has 0 aliphatic rings. The molecule has 3 rings (SSSR count). The Morgan fingerprint density at radius 3 is 2.67 bits per heavy atom. The predicted molar refractivity (Wildman–Crippen MR) is 93.1 cm³/mol. The van der Waals surface area contributed by atoms with Crippen LogP contribution in [-0.4, -0.2) is 24.1 Å². The third-order valence-corrected chi connectivity index (χ3v) is 4.82. The van der Waals surface area contributed by atoms with Crippen LogP contribution in [0.4, 0.5) is 5.69 Å². The van der Waals surface area contributed by atoms with Crippen molar-refractivity contribution in [1.82, 2.24) is 9.38 Å². The molecule has 0 radical (unpaired) electrons. The number of pyridine rings is 1. The summed E-state index contributed by atoms with van der Waals surface area (Å²) in [7, 11) is -3.22. The van der Waals surface area contributed by atoms with Crippen LogP contribution in [0.25, 0.3) is 5.65 Å². The zero-order chi connectivity index (χ0) is 17.3. The van der Waals surface area contributed by atoms with Gasteiger partial charge in [0, 0.05) is 24.2 Å². The highest BCUT2D eigenvalue weighted by molar-refractivity contribution is 7.90. The Bertz CT molecular complexity index is 1070. The third-order valence-electron chi connectivity index (χ3n) is 3.71. The van der Waals surface area contributed by atoms with E-state index in [1.165, 1.54) is 16.7 Å². The van der Waals surface area contributed by atoms with Gasteiger partial charge < -0.3 is 5.32 Å². The summed E-state index contributed by atoms with van der Waals surface area (Å²) in [5, 5.41) is 3.19. The smallest absolute Gasteiger partial charge is 0.258 e. The predicted octanol–water partition coefficient (Wildman–Crippen LogP) is 2.02. The van der Waals surface area contributed by atoms with Crippen LogP contribution in [0.2, 0.25) is 0 Å². The van der Waals surface area contributed by atoms with E-state index >= 15 is 0 Å². The number of fused-ring (bicyclic) bond motifs is 1. The summed E-state index contributed by atoms with van der Waals surface area (Å²) < 4.78 is 24.6. The molecule has 2 aromatic heterocycles. The van der Waals surface area contributed by atoms with E-state index in [1.54, 1.807) is 36.5 Å². The molecule has 24 heavy (non-hydrogen) atoms. The molecule has 0 atom stereocenters. The Hall–Kier alpha value is -2.67. The third kappa shape index (κ3) is 3.30. The molecule has 1 N–H and O–H groups in total. The number of hydrogen-bond donors (Lipinski definition) is 1. The van der Waals surface area contributed by atoms with Crippen LogP contribution in [0.5, 0.6) is 0 Å². The van der Waals surface area contributed by atoms with E-state index in [2.05, 4.69) is 10.3 Å². The second-order valence-electron chi connectivity index (χ2n) is 5.62. The maximum absolute atomic E-state index is 12.1. The summed E-state index contributed by atoms with van der Waals surface area (Å²) in [6, 6.07) is 11.8. The van der Waals surface area contributed by atoms with Gasteiger partial charge in [-0.05, 0) is 42.8 Å². The van der Waals surface area contributed by atoms with Crippen molar-refractivity contribution in [2.45, 2.75) is 18.4 Å². The molecule has 6 nitrogen and oxygen atoms in total. The van der Waals surface area contributed by atoms with Gasteiger partial charge >= 0.3 is 0 Å². The van der Waals surface area contributed by atoms with Gasteiger partial charge in [0.1, 0.15) is 5.65 Å². The molecule has 0 amide bonds. The van der Waals surface area contributed by atoms with Crippen molar-refractivity contribution in [2.75, 3.05) is 11.6 Å². The van der Waals surface area contributed by atoms with Crippen LogP contribution in [0.1, 0.15) is 11.3 Å². The number of nitrogens with one attached hydrogen (secondary N) is 1. The van der Waals surface area contributed by atoms with Gasteiger partial charge in [0.15, 0.2) is 9.84 Å². The standard InChI is InChI=1S/C17H17N3O3S/c1-12-9-14(24(2,22)23)6-7-15(12)18-11-13-10-17(21)20-8-4-3-5-16(20)19-13/h3-10,18H,11H2,1-2H3. The van der Waals surface area contributed by atoms with Crippen LogP contribution < -0.4 is 10.9 Å². The van der Waals surface area contributed by atoms with Gasteiger partial charge in [-0.1, -0.05) is 6.07 Å². The van der Waals surface area contributed by atoms with Crippen LogP contribution in [0, 0.1) is 6.92 Å². The van der Waals surface area contributed by atoms with Crippen molar-refractivity contribution >= 4 is 21.2 Å². The number of anilines is 1. The average Bonchev–Trinajstić information content (AvgIpc) is 2.53. The van der Waals surface area contributed by atoms with E-state index in [9.17, 15) is 13.2 Å². The molecule has 1 aromatic carbocycles. The van der Waals surface area contributed by atoms with Crippen molar-refractivity contribution in [1.29, 1.82) is 0 Å². The summed E-state index contributed by atoms with van der Waals surface area (Å²) in [4.78, 5) is 16.8. The molecular weight excluding hydrogens is 326 g/mol. The van der Waals surface area contributed by atoms with Gasteiger partial charge in [-0.25, -0.2) is 13.4 Å². The average molecular weight is 343 g/mol. The Balaban J connectivity index is 1.85. The normalized spacial score (nSPS) is 11.6. The zero-order valence-corrected chi connectivity index (χ0v) is 14.2. The molecular formula is C17H17N3O3S. The molecule has 0 saturated heterocycles. The molecule has 0 saturated carbocycles. The van der Waals surface area contributed by atoms with E-state index in [-0.39, 0.29) is 10.5 Å². The molecule has 3 aromatic rings. The highest BCUT2D eigenvalue weighted by Crippen LogP contribution is 2.20. The minimum Gasteiger partial charge on any atom is -0.379 e. The fourth-order valence-corrected chi connectivity index (χ4v) is 3.15. The van der Waals surface area contributed by atoms with E-state index in [0.717, 1.165) is 11.3 Å². The summed E-state index contributed by atoms with van der Waals surface area (Å²) in [5.74, 6) is 0. The first-order valence-corrected chi connectivity index (χ1v) is 9.26. The number of rotatable bonds is 4. The lowest BCUT2D eigenvalue weighted by Gasteiger charge is -2.11. The van der Waals surface area contributed by atoms with E-state index in [4.69, 9.17) is 0 Å². The van der Waals surface area contributed by atoms with Crippen molar-refractivity contribution in [3.05, 3.63) is 70.3 Å². The Kier molecular flexibility index (Phi) is 4.11. The number of benzene rings is 1. The van der Waals surface area contributed by atoms with Crippen LogP contribution >= 0.6 is 0 Å². The summed E-state index contributed by atoms with van der Waals surface area (Å²) in [6.45, 7) is 2.21. The Labute approximate surface area is 139 Å². The van der Waals surface area contributed by atoms with Crippen molar-refractivity contribution < 1.29 is 8.42 Å². The first-order valence-electron chi connectivity index (χ1n) is 7.36. The van der Waals surface area contributed by atoms with Gasteiger partial charge in [0.2, 0.25) is 0 Å². The number of sulfone groups is 1. The van der Waals surface area contributed by atoms with Gasteiger partial charge in [-0.2, -0.15) is 0 Å². The van der Waals surface area contributed by atoms with Gasteiger partial charge in [0.05, 0.1) is 17.1 Å². The summed E-state index contributed by atoms with van der Waals surface area (Å²) in [5.41, 5.74) is 2.69. The highest BCUT2D eigenvalue weighted by Gasteiger charge is 2.09. The Morgan fingerprint density at radius 2 is 1.96 bits per heavy atom. The molecule has 0 spiro atoms. The number of hydrogen-bond acceptors (Lipinski definition) is 5. The fraction of sp³-hybridized carbons (Fsp3) is 0.176. The van der Waals surface area contributed by atoms with Gasteiger partial charge in [-0.3, -0.25) is 9.20 Å². The number of aromatic nitrogens is 2. The Morgan fingerprint density at radius 1 is 1.17 bits per heavy atom. The lowest BCUT2D eigenvalue weighted by molar-refractivity contribution is 0.602. The van der Waals surface area contributed by atoms with Crippen LogP contribution in [0.15, 0.2) is 58.4 Å². The molecule has 0 bridgehead atoms. The maximum atomic E-state index is 12.1. The van der Waals surface area contributed by atoms with E-state index in [1.807, 2.05) is 13.0 Å². The SMILES string of the molecule is Cc1cc(S(C)(=O)=O)ccc1NCc1cc(=O)n2ccccc2n1. The van der Waals surface area contributed by atoms with E-state index in [0.29, 0.717) is 17.9 Å². The molecule has 0 aliphatic carbocycles. The lowest BCUT2D eigenvalue weighted by Crippen LogP contribution is -2.16. The molecule has 2 heterocycles. The summed E-state index contributed by atoms with van der Waals surface area (Å²) >= 11 is 0. The second kappa shape index (κ2) is 6.09. The topological polar surface area (TPSA) is 80.5 Å². The van der Waals surface area contributed by atoms with Crippen molar-refractivity contribution in [3.63, 3.8) is 0 Å². The number of aryl methyl sites for hydroxylation is 1. The lowest BCUT2D eigenvalue weighted by atomic mass is 10.2. The van der Waals surface area contributed by atoms with Crippen molar-refractivity contribution in [3.8, 4) is 0 Å². The molecule has 0 aliphatic heterocycles. The van der Waals surface area contributed by atoms with Crippen LogP contribution in [-0.2, 0) is 16.4 Å². The maximum Gasteiger partial charge on any atom is 0.258 e. The van der Waals surface area contributed by atoms with Crippen molar-refractivity contribution in [2.24, 2.45) is 0 Å². The minimum absolute atomic E-state index is 0.137. The minimum atomic E-state index is -3.22. The molecule has 0 fully saturated rings. The van der Waals surface area contributed by atoms with Crippen LogP contribution in [0.3, 0.4) is 0 Å². The molecule has 0 unspecified atom stereocenters. The van der Waals surface area contributed by atoms with E-state index < -0.39 is 9.84 Å². The first-order chi connectivity index (χ1) is 11.3.